The van der Waals surface area contributed by atoms with Crippen molar-refractivity contribution < 1.29 is 24.0 Å². The van der Waals surface area contributed by atoms with Gasteiger partial charge in [-0.05, 0) is 37.1 Å². The normalized spacial score (nSPS) is 10.1. The van der Waals surface area contributed by atoms with E-state index >= 15 is 0 Å². The van der Waals surface area contributed by atoms with Gasteiger partial charge in [0.15, 0.2) is 6.61 Å². The van der Waals surface area contributed by atoms with E-state index in [9.17, 15) is 24.5 Å². The number of non-ortho nitro benzene ring substituents is 1. The number of benzene rings is 2. The minimum absolute atomic E-state index is 0.0846. The number of esters is 1. The topological polar surface area (TPSA) is 128 Å². The molecule has 0 radical (unpaired) electrons. The van der Waals surface area contributed by atoms with Crippen molar-refractivity contribution in [2.75, 3.05) is 17.2 Å². The zero-order chi connectivity index (χ0) is 21.4. The van der Waals surface area contributed by atoms with E-state index < -0.39 is 23.4 Å². The Balaban J connectivity index is 1.74. The molecule has 0 saturated heterocycles. The van der Waals surface area contributed by atoms with E-state index in [1.54, 1.807) is 0 Å². The molecule has 0 unspecified atom stereocenters. The molecule has 2 aromatic rings. The van der Waals surface area contributed by atoms with E-state index in [1.807, 2.05) is 32.0 Å². The Bertz CT molecular complexity index is 942. The van der Waals surface area contributed by atoms with Gasteiger partial charge in [-0.3, -0.25) is 24.5 Å². The number of anilines is 2. The summed E-state index contributed by atoms with van der Waals surface area (Å²) in [6.07, 6.45) is -0.264. The van der Waals surface area contributed by atoms with Crippen LogP contribution in [0.25, 0.3) is 0 Å². The second kappa shape index (κ2) is 9.98. The van der Waals surface area contributed by atoms with Gasteiger partial charge in [-0.15, -0.1) is 0 Å². The maximum absolute atomic E-state index is 12.0. The molecule has 0 aromatic heterocycles. The second-order valence-corrected chi connectivity index (χ2v) is 6.38. The van der Waals surface area contributed by atoms with Crippen LogP contribution in [0.1, 0.15) is 24.0 Å². The van der Waals surface area contributed by atoms with Crippen molar-refractivity contribution >= 4 is 34.8 Å². The lowest BCUT2D eigenvalue weighted by Gasteiger charge is -2.09. The van der Waals surface area contributed by atoms with E-state index in [2.05, 4.69) is 10.6 Å². The average Bonchev–Trinajstić information content (AvgIpc) is 2.67. The number of hydrogen-bond donors (Lipinski definition) is 2. The molecule has 0 aliphatic heterocycles. The van der Waals surface area contributed by atoms with Crippen LogP contribution in [-0.2, 0) is 19.1 Å². The number of hydrogen-bond acceptors (Lipinski definition) is 6. The van der Waals surface area contributed by atoms with Crippen molar-refractivity contribution in [2.24, 2.45) is 0 Å². The largest absolute Gasteiger partial charge is 0.456 e. The van der Waals surface area contributed by atoms with Crippen LogP contribution in [-0.4, -0.2) is 29.3 Å². The van der Waals surface area contributed by atoms with Crippen molar-refractivity contribution in [1.29, 1.82) is 0 Å². The number of ether oxygens (including phenoxy) is 1. The minimum Gasteiger partial charge on any atom is -0.456 e. The van der Waals surface area contributed by atoms with Gasteiger partial charge in [-0.25, -0.2) is 0 Å². The molecular formula is C20H21N3O6. The zero-order valence-corrected chi connectivity index (χ0v) is 16.1. The smallest absolute Gasteiger partial charge is 0.306 e. The van der Waals surface area contributed by atoms with Crippen LogP contribution < -0.4 is 10.6 Å². The van der Waals surface area contributed by atoms with E-state index in [1.165, 1.54) is 24.3 Å². The van der Waals surface area contributed by atoms with Crippen LogP contribution >= 0.6 is 0 Å². The monoisotopic (exact) mass is 399 g/mol. The molecule has 9 nitrogen and oxygen atoms in total. The first kappa shape index (κ1) is 21.5. The molecular weight excluding hydrogens is 378 g/mol. The van der Waals surface area contributed by atoms with Gasteiger partial charge in [0.2, 0.25) is 5.91 Å². The lowest BCUT2D eigenvalue weighted by Crippen LogP contribution is -2.22. The SMILES string of the molecule is Cc1ccc(C)c(NC(=O)CCC(=O)OCC(=O)Nc2cccc([N+](=O)[O-])c2)c1. The number of nitrogens with zero attached hydrogens (tertiary/aromatic N) is 1. The predicted octanol–water partition coefficient (Wildman–Crippen LogP) is 3.11. The zero-order valence-electron chi connectivity index (χ0n) is 16.1. The van der Waals surface area contributed by atoms with Gasteiger partial charge in [0.1, 0.15) is 0 Å². The Hall–Kier alpha value is -3.75. The van der Waals surface area contributed by atoms with E-state index in [0.29, 0.717) is 5.69 Å². The maximum atomic E-state index is 12.0. The quantitative estimate of drug-likeness (QED) is 0.399. The average molecular weight is 399 g/mol. The Morgan fingerprint density at radius 1 is 1.00 bits per heavy atom. The molecule has 0 saturated carbocycles. The molecule has 2 amide bonds. The first-order valence-electron chi connectivity index (χ1n) is 8.81. The third-order valence-electron chi connectivity index (χ3n) is 3.93. The van der Waals surface area contributed by atoms with Gasteiger partial charge in [-0.2, -0.15) is 0 Å². The molecule has 0 aliphatic rings. The molecule has 0 spiro atoms. The molecule has 2 N–H and O–H groups in total. The standard InChI is InChI=1S/C20H21N3O6/c1-13-6-7-14(2)17(10-13)22-18(24)8-9-20(26)29-12-19(25)21-15-4-3-5-16(11-15)23(27)28/h3-7,10-11H,8-9,12H2,1-2H3,(H,21,25)(H,22,24). The highest BCUT2D eigenvalue weighted by atomic mass is 16.6. The first-order valence-corrected chi connectivity index (χ1v) is 8.81. The number of nitrogens with one attached hydrogen (secondary N) is 2. The summed E-state index contributed by atoms with van der Waals surface area (Å²) in [4.78, 5) is 45.7. The fraction of sp³-hybridized carbons (Fsp3) is 0.250. The van der Waals surface area contributed by atoms with Crippen LogP contribution in [0.5, 0.6) is 0 Å². The first-order chi connectivity index (χ1) is 13.7. The van der Waals surface area contributed by atoms with Crippen molar-refractivity contribution in [3.05, 3.63) is 63.7 Å². The van der Waals surface area contributed by atoms with Crippen LogP contribution in [0.2, 0.25) is 0 Å². The number of amides is 2. The number of rotatable bonds is 8. The van der Waals surface area contributed by atoms with Gasteiger partial charge in [0.25, 0.3) is 11.6 Å². The van der Waals surface area contributed by atoms with Crippen molar-refractivity contribution in [3.63, 3.8) is 0 Å². The van der Waals surface area contributed by atoms with Crippen LogP contribution in [0.4, 0.5) is 17.1 Å². The highest BCUT2D eigenvalue weighted by molar-refractivity contribution is 5.95. The van der Waals surface area contributed by atoms with Gasteiger partial charge in [0.05, 0.1) is 11.3 Å². The summed E-state index contributed by atoms with van der Waals surface area (Å²) in [5.41, 5.74) is 2.63. The van der Waals surface area contributed by atoms with Gasteiger partial charge in [-0.1, -0.05) is 18.2 Å². The lowest BCUT2D eigenvalue weighted by molar-refractivity contribution is -0.384. The fourth-order valence-electron chi connectivity index (χ4n) is 2.41. The summed E-state index contributed by atoms with van der Waals surface area (Å²) >= 11 is 0. The van der Waals surface area contributed by atoms with E-state index in [4.69, 9.17) is 4.74 Å². The third-order valence-corrected chi connectivity index (χ3v) is 3.93. The highest BCUT2D eigenvalue weighted by Crippen LogP contribution is 2.17. The molecule has 2 rings (SSSR count). The van der Waals surface area contributed by atoms with Gasteiger partial charge in [0, 0.05) is 29.9 Å². The minimum atomic E-state index is -0.699. The Kier molecular flexibility index (Phi) is 7.41. The fourth-order valence-corrected chi connectivity index (χ4v) is 2.41. The van der Waals surface area contributed by atoms with Crippen LogP contribution in [0, 0.1) is 24.0 Å². The van der Waals surface area contributed by atoms with Crippen molar-refractivity contribution in [3.8, 4) is 0 Å². The predicted molar refractivity (Wildman–Crippen MR) is 106 cm³/mol. The summed E-state index contributed by atoms with van der Waals surface area (Å²) in [5.74, 6) is -1.68. The van der Waals surface area contributed by atoms with Crippen molar-refractivity contribution in [1.82, 2.24) is 0 Å². The molecule has 29 heavy (non-hydrogen) atoms. The number of carbonyl (C=O) groups excluding carboxylic acids is 3. The summed E-state index contributed by atoms with van der Waals surface area (Å²) < 4.78 is 4.83. The molecule has 0 bridgehead atoms. The number of carbonyl (C=O) groups is 3. The molecule has 152 valence electrons. The summed E-state index contributed by atoms with van der Waals surface area (Å²) in [5, 5.41) is 15.9. The molecule has 0 heterocycles. The third kappa shape index (κ3) is 7.06. The lowest BCUT2D eigenvalue weighted by atomic mass is 10.1. The Labute approximate surface area is 167 Å². The Morgan fingerprint density at radius 2 is 1.76 bits per heavy atom. The molecule has 0 atom stereocenters. The van der Waals surface area contributed by atoms with Crippen LogP contribution in [0.3, 0.4) is 0 Å². The van der Waals surface area contributed by atoms with Crippen molar-refractivity contribution in [2.45, 2.75) is 26.7 Å². The van der Waals surface area contributed by atoms with Crippen LogP contribution in [0.15, 0.2) is 42.5 Å². The molecule has 0 aliphatic carbocycles. The van der Waals surface area contributed by atoms with Gasteiger partial charge >= 0.3 is 5.97 Å². The van der Waals surface area contributed by atoms with E-state index in [-0.39, 0.29) is 30.1 Å². The molecule has 2 aromatic carbocycles. The van der Waals surface area contributed by atoms with E-state index in [0.717, 1.165) is 11.1 Å². The molecule has 9 heteroatoms. The van der Waals surface area contributed by atoms with Gasteiger partial charge < -0.3 is 15.4 Å². The summed E-state index contributed by atoms with van der Waals surface area (Å²) in [6.45, 7) is 3.22. The Morgan fingerprint density at radius 3 is 2.48 bits per heavy atom. The number of nitro groups is 1. The summed E-state index contributed by atoms with van der Waals surface area (Å²) in [7, 11) is 0. The highest BCUT2D eigenvalue weighted by Gasteiger charge is 2.13. The second-order valence-electron chi connectivity index (χ2n) is 6.38. The summed E-state index contributed by atoms with van der Waals surface area (Å²) in [6, 6.07) is 11.0. The molecule has 0 fully saturated rings. The maximum Gasteiger partial charge on any atom is 0.306 e. The number of aryl methyl sites for hydroxylation is 2. The number of nitro benzene ring substituents is 1.